The molecule has 1 saturated carbocycles. The zero-order valence-electron chi connectivity index (χ0n) is 10.5. The van der Waals surface area contributed by atoms with E-state index in [0.717, 1.165) is 47.7 Å². The van der Waals surface area contributed by atoms with Crippen LogP contribution in [0.15, 0.2) is 18.2 Å². The van der Waals surface area contributed by atoms with Crippen LogP contribution < -0.4 is 10.6 Å². The predicted octanol–water partition coefficient (Wildman–Crippen LogP) is 3.27. The van der Waals surface area contributed by atoms with E-state index in [1.165, 1.54) is 19.3 Å². The molecule has 1 aromatic carbocycles. The highest BCUT2D eigenvalue weighted by molar-refractivity contribution is 6.33. The Labute approximate surface area is 119 Å². The molecule has 0 radical (unpaired) electrons. The Morgan fingerprint density at radius 3 is 2.72 bits per heavy atom. The minimum atomic E-state index is 0.753. The summed E-state index contributed by atoms with van der Waals surface area (Å²) >= 11 is 12.1. The fourth-order valence-corrected chi connectivity index (χ4v) is 2.30. The second-order valence-electron chi connectivity index (χ2n) is 4.82. The highest BCUT2D eigenvalue weighted by atomic mass is 35.5. The molecule has 18 heavy (non-hydrogen) atoms. The van der Waals surface area contributed by atoms with Crippen molar-refractivity contribution in [2.75, 3.05) is 19.6 Å². The van der Waals surface area contributed by atoms with E-state index < -0.39 is 0 Å². The summed E-state index contributed by atoms with van der Waals surface area (Å²) in [6, 6.07) is 6.44. The van der Waals surface area contributed by atoms with Crippen LogP contribution in [0, 0.1) is 0 Å². The van der Waals surface area contributed by atoms with Crippen molar-refractivity contribution in [1.82, 2.24) is 10.6 Å². The van der Waals surface area contributed by atoms with Gasteiger partial charge in [0.25, 0.3) is 0 Å². The van der Waals surface area contributed by atoms with Crippen molar-refractivity contribution in [2.24, 2.45) is 0 Å². The lowest BCUT2D eigenvalue weighted by Gasteiger charge is -2.07. The topological polar surface area (TPSA) is 24.1 Å². The molecule has 0 bridgehead atoms. The third-order valence-electron chi connectivity index (χ3n) is 3.12. The van der Waals surface area contributed by atoms with E-state index in [4.69, 9.17) is 23.2 Å². The van der Waals surface area contributed by atoms with Gasteiger partial charge < -0.3 is 10.6 Å². The minimum absolute atomic E-state index is 0.753. The summed E-state index contributed by atoms with van der Waals surface area (Å²) in [5.74, 6) is 0. The van der Waals surface area contributed by atoms with E-state index in [9.17, 15) is 0 Å². The van der Waals surface area contributed by atoms with E-state index >= 15 is 0 Å². The summed E-state index contributed by atoms with van der Waals surface area (Å²) in [5, 5.41) is 8.49. The quantitative estimate of drug-likeness (QED) is 0.717. The van der Waals surface area contributed by atoms with Crippen LogP contribution in [0.25, 0.3) is 0 Å². The fourth-order valence-electron chi connectivity index (χ4n) is 1.89. The van der Waals surface area contributed by atoms with Gasteiger partial charge in [0.2, 0.25) is 0 Å². The molecule has 1 aliphatic carbocycles. The van der Waals surface area contributed by atoms with E-state index in [-0.39, 0.29) is 0 Å². The van der Waals surface area contributed by atoms with Crippen LogP contribution in [0.3, 0.4) is 0 Å². The standard InChI is InChI=1S/C14H20Cl2N2/c15-12-2-5-14(16)11(10-12)6-9-17-7-1-8-18-13-3-4-13/h2,5,10,13,17-18H,1,3-4,6-9H2. The molecule has 0 saturated heterocycles. The maximum atomic E-state index is 6.10. The van der Waals surface area contributed by atoms with Gasteiger partial charge >= 0.3 is 0 Å². The number of hydrogen-bond acceptors (Lipinski definition) is 2. The second kappa shape index (κ2) is 7.34. The molecule has 1 fully saturated rings. The molecular weight excluding hydrogens is 267 g/mol. The van der Waals surface area contributed by atoms with Crippen LogP contribution in [0.5, 0.6) is 0 Å². The molecule has 0 atom stereocenters. The van der Waals surface area contributed by atoms with Gasteiger partial charge in [0.05, 0.1) is 0 Å². The van der Waals surface area contributed by atoms with Gasteiger partial charge in [-0.3, -0.25) is 0 Å². The van der Waals surface area contributed by atoms with Gasteiger partial charge in [-0.1, -0.05) is 23.2 Å². The molecule has 100 valence electrons. The summed E-state index contributed by atoms with van der Waals surface area (Å²) in [6.07, 6.45) is 4.83. The van der Waals surface area contributed by atoms with Crippen molar-refractivity contribution in [1.29, 1.82) is 0 Å². The summed E-state index contributed by atoms with van der Waals surface area (Å²) in [7, 11) is 0. The molecule has 2 nitrogen and oxygen atoms in total. The van der Waals surface area contributed by atoms with Gasteiger partial charge in [-0.15, -0.1) is 0 Å². The van der Waals surface area contributed by atoms with Crippen molar-refractivity contribution in [3.8, 4) is 0 Å². The molecular formula is C14H20Cl2N2. The lowest BCUT2D eigenvalue weighted by Crippen LogP contribution is -2.24. The van der Waals surface area contributed by atoms with Crippen LogP contribution in [-0.2, 0) is 6.42 Å². The summed E-state index contributed by atoms with van der Waals surface area (Å²) in [6.45, 7) is 3.12. The second-order valence-corrected chi connectivity index (χ2v) is 5.66. The van der Waals surface area contributed by atoms with Crippen molar-refractivity contribution >= 4 is 23.2 Å². The summed E-state index contributed by atoms with van der Waals surface area (Å²) in [5.41, 5.74) is 1.12. The molecule has 2 rings (SSSR count). The molecule has 2 N–H and O–H groups in total. The number of nitrogens with one attached hydrogen (secondary N) is 2. The first kappa shape index (κ1) is 14.1. The first-order chi connectivity index (χ1) is 8.75. The zero-order chi connectivity index (χ0) is 12.8. The van der Waals surface area contributed by atoms with E-state index in [0.29, 0.717) is 0 Å². The largest absolute Gasteiger partial charge is 0.316 e. The Hall–Kier alpha value is -0.280. The molecule has 1 aliphatic rings. The first-order valence-corrected chi connectivity index (χ1v) is 7.39. The lowest BCUT2D eigenvalue weighted by atomic mass is 10.1. The molecule has 0 heterocycles. The Bertz CT molecular complexity index is 378. The Morgan fingerprint density at radius 1 is 1.11 bits per heavy atom. The number of rotatable bonds is 8. The average Bonchev–Trinajstić information content (AvgIpc) is 3.16. The molecule has 0 amide bonds. The van der Waals surface area contributed by atoms with E-state index in [1.54, 1.807) is 0 Å². The molecule has 0 aliphatic heterocycles. The Kier molecular flexibility index (Phi) is 5.77. The molecule has 4 heteroatoms. The molecule has 0 unspecified atom stereocenters. The normalized spacial score (nSPS) is 15.0. The maximum absolute atomic E-state index is 6.10. The lowest BCUT2D eigenvalue weighted by molar-refractivity contribution is 0.594. The molecule has 1 aromatic rings. The highest BCUT2D eigenvalue weighted by Crippen LogP contribution is 2.20. The monoisotopic (exact) mass is 286 g/mol. The van der Waals surface area contributed by atoms with Crippen molar-refractivity contribution < 1.29 is 0 Å². The zero-order valence-corrected chi connectivity index (χ0v) is 12.0. The van der Waals surface area contributed by atoms with Gasteiger partial charge in [0, 0.05) is 16.1 Å². The Balaban J connectivity index is 1.55. The number of halogens is 2. The first-order valence-electron chi connectivity index (χ1n) is 6.64. The number of benzene rings is 1. The average molecular weight is 287 g/mol. The van der Waals surface area contributed by atoms with Gasteiger partial charge in [0.1, 0.15) is 0 Å². The van der Waals surface area contributed by atoms with Gasteiger partial charge in [-0.05, 0) is 69.1 Å². The van der Waals surface area contributed by atoms with Crippen LogP contribution in [0.2, 0.25) is 10.0 Å². The maximum Gasteiger partial charge on any atom is 0.0439 e. The van der Waals surface area contributed by atoms with Gasteiger partial charge in [-0.2, -0.15) is 0 Å². The third-order valence-corrected chi connectivity index (χ3v) is 3.72. The van der Waals surface area contributed by atoms with Crippen molar-refractivity contribution in [2.45, 2.75) is 31.7 Å². The van der Waals surface area contributed by atoms with Crippen molar-refractivity contribution in [3.63, 3.8) is 0 Å². The molecule has 0 aromatic heterocycles. The van der Waals surface area contributed by atoms with Crippen LogP contribution >= 0.6 is 23.2 Å². The minimum Gasteiger partial charge on any atom is -0.316 e. The summed E-state index contributed by atoms with van der Waals surface area (Å²) in [4.78, 5) is 0. The highest BCUT2D eigenvalue weighted by Gasteiger charge is 2.19. The Morgan fingerprint density at radius 2 is 1.94 bits per heavy atom. The van der Waals surface area contributed by atoms with Crippen molar-refractivity contribution in [3.05, 3.63) is 33.8 Å². The van der Waals surface area contributed by atoms with E-state index in [2.05, 4.69) is 10.6 Å². The van der Waals surface area contributed by atoms with Crippen LogP contribution in [-0.4, -0.2) is 25.7 Å². The fraction of sp³-hybridized carbons (Fsp3) is 0.571. The smallest absolute Gasteiger partial charge is 0.0439 e. The van der Waals surface area contributed by atoms with E-state index in [1.807, 2.05) is 18.2 Å². The molecule has 0 spiro atoms. The third kappa shape index (κ3) is 5.15. The van der Waals surface area contributed by atoms with Gasteiger partial charge in [-0.25, -0.2) is 0 Å². The number of hydrogen-bond donors (Lipinski definition) is 2. The summed E-state index contributed by atoms with van der Waals surface area (Å²) < 4.78 is 0. The SMILES string of the molecule is Clc1ccc(Cl)c(CCNCCCNC2CC2)c1. The predicted molar refractivity (Wildman–Crippen MR) is 78.7 cm³/mol. The van der Waals surface area contributed by atoms with Gasteiger partial charge in [0.15, 0.2) is 0 Å². The van der Waals surface area contributed by atoms with Crippen LogP contribution in [0.1, 0.15) is 24.8 Å². The van der Waals surface area contributed by atoms with Crippen LogP contribution in [0.4, 0.5) is 0 Å².